The van der Waals surface area contributed by atoms with Crippen LogP contribution < -0.4 is 4.74 Å². The van der Waals surface area contributed by atoms with Gasteiger partial charge in [0.05, 0.1) is 19.3 Å². The largest absolute Gasteiger partial charge is 0.480 e. The third-order valence-corrected chi connectivity index (χ3v) is 6.73. The van der Waals surface area contributed by atoms with Crippen LogP contribution in [0.25, 0.3) is 0 Å². The molecule has 2 saturated heterocycles. The van der Waals surface area contributed by atoms with E-state index in [1.165, 1.54) is 15.7 Å². The second kappa shape index (κ2) is 8.09. The van der Waals surface area contributed by atoms with E-state index in [2.05, 4.69) is 4.98 Å². The lowest BCUT2D eigenvalue weighted by Gasteiger charge is -2.40. The number of hydrogen-bond acceptors (Lipinski definition) is 6. The molecule has 3 rings (SSSR count). The number of carbonyl (C=O) groups excluding carboxylic acids is 1. The molecule has 1 amide bonds. The van der Waals surface area contributed by atoms with Gasteiger partial charge in [-0.2, -0.15) is 17.0 Å². The Labute approximate surface area is 160 Å². The molecule has 1 aromatic heterocycles. The van der Waals surface area contributed by atoms with Crippen molar-refractivity contribution >= 4 is 16.1 Å². The second-order valence-electron chi connectivity index (χ2n) is 6.83. The highest BCUT2D eigenvalue weighted by Gasteiger charge is 2.37. The highest BCUT2D eigenvalue weighted by Crippen LogP contribution is 2.21. The fraction of sp³-hybridized carbons (Fsp3) is 0.647. The Kier molecular flexibility index (Phi) is 5.99. The van der Waals surface area contributed by atoms with E-state index >= 15 is 0 Å². The third kappa shape index (κ3) is 4.23. The Hall–Kier alpha value is -1.75. The molecule has 2 atom stereocenters. The van der Waals surface area contributed by atoms with Gasteiger partial charge in [0, 0.05) is 45.5 Å². The molecule has 2 fully saturated rings. The van der Waals surface area contributed by atoms with Crippen molar-refractivity contribution in [3.05, 3.63) is 23.9 Å². The maximum atomic E-state index is 12.9. The summed E-state index contributed by atoms with van der Waals surface area (Å²) in [5.74, 6) is 0.0689. The van der Waals surface area contributed by atoms with Crippen LogP contribution >= 0.6 is 0 Å². The van der Waals surface area contributed by atoms with E-state index in [-0.39, 0.29) is 37.1 Å². The molecule has 1 aromatic rings. The smallest absolute Gasteiger partial charge is 0.282 e. The van der Waals surface area contributed by atoms with E-state index in [0.717, 1.165) is 0 Å². The van der Waals surface area contributed by atoms with Crippen LogP contribution in [0, 0.1) is 0 Å². The van der Waals surface area contributed by atoms with Gasteiger partial charge in [0.2, 0.25) is 5.88 Å². The molecule has 2 aliphatic heterocycles. The lowest BCUT2D eigenvalue weighted by Crippen LogP contribution is -2.57. The Balaban J connectivity index is 1.65. The molecule has 27 heavy (non-hydrogen) atoms. The van der Waals surface area contributed by atoms with Crippen LogP contribution in [0.5, 0.6) is 5.88 Å². The van der Waals surface area contributed by atoms with Crippen molar-refractivity contribution < 1.29 is 22.7 Å². The van der Waals surface area contributed by atoms with E-state index in [0.29, 0.717) is 31.7 Å². The van der Waals surface area contributed by atoms with Crippen molar-refractivity contribution in [2.45, 2.75) is 26.1 Å². The molecule has 0 N–H and O–H groups in total. The maximum absolute atomic E-state index is 12.9. The van der Waals surface area contributed by atoms with E-state index < -0.39 is 10.2 Å². The first-order chi connectivity index (χ1) is 12.8. The summed E-state index contributed by atoms with van der Waals surface area (Å²) in [4.78, 5) is 18.4. The summed E-state index contributed by atoms with van der Waals surface area (Å²) in [5.41, 5.74) is 0.382. The first-order valence-corrected chi connectivity index (χ1v) is 10.4. The summed E-state index contributed by atoms with van der Waals surface area (Å²) in [6.45, 7) is 5.61. The molecule has 2 unspecified atom stereocenters. The Morgan fingerprint density at radius 1 is 1.15 bits per heavy atom. The standard InChI is InChI=1S/C17H26N4O5S/c1-13-11-21(12-14(2)26-13)27(23,24)20-9-7-19(8-10-20)17(22)15-5-4-6-18-16(15)25-3/h4-6,13-14H,7-12H2,1-3H3. The van der Waals surface area contributed by atoms with Gasteiger partial charge in [0.15, 0.2) is 0 Å². The first kappa shape index (κ1) is 20.0. The van der Waals surface area contributed by atoms with Gasteiger partial charge in [-0.15, -0.1) is 0 Å². The molecular formula is C17H26N4O5S. The predicted molar refractivity (Wildman–Crippen MR) is 98.8 cm³/mol. The monoisotopic (exact) mass is 398 g/mol. The molecule has 0 aliphatic carbocycles. The van der Waals surface area contributed by atoms with Crippen molar-refractivity contribution in [2.75, 3.05) is 46.4 Å². The van der Waals surface area contributed by atoms with E-state index in [4.69, 9.17) is 9.47 Å². The number of pyridine rings is 1. The van der Waals surface area contributed by atoms with E-state index in [1.807, 2.05) is 13.8 Å². The first-order valence-electron chi connectivity index (χ1n) is 9.02. The highest BCUT2D eigenvalue weighted by atomic mass is 32.2. The molecular weight excluding hydrogens is 372 g/mol. The number of piperazine rings is 1. The number of morpholine rings is 1. The summed E-state index contributed by atoms with van der Waals surface area (Å²) < 4.78 is 39.6. The van der Waals surface area contributed by atoms with Crippen molar-refractivity contribution in [2.24, 2.45) is 0 Å². The quantitative estimate of drug-likeness (QED) is 0.720. The average molecular weight is 398 g/mol. The van der Waals surface area contributed by atoms with Crippen molar-refractivity contribution in [3.63, 3.8) is 0 Å². The number of amides is 1. The minimum Gasteiger partial charge on any atom is -0.480 e. The van der Waals surface area contributed by atoms with Gasteiger partial charge in [-0.1, -0.05) is 0 Å². The zero-order valence-electron chi connectivity index (χ0n) is 15.9. The Morgan fingerprint density at radius 3 is 2.37 bits per heavy atom. The zero-order chi connectivity index (χ0) is 19.6. The number of ether oxygens (including phenoxy) is 2. The van der Waals surface area contributed by atoms with E-state index in [9.17, 15) is 13.2 Å². The number of nitrogens with zero attached hydrogens (tertiary/aromatic N) is 4. The predicted octanol–water partition coefficient (Wildman–Crippen LogP) is 0.202. The molecule has 150 valence electrons. The van der Waals surface area contributed by atoms with Gasteiger partial charge in [-0.3, -0.25) is 4.79 Å². The maximum Gasteiger partial charge on any atom is 0.282 e. The van der Waals surface area contributed by atoms with Crippen LogP contribution in [-0.4, -0.2) is 91.4 Å². The summed E-state index contributed by atoms with van der Waals surface area (Å²) >= 11 is 0. The van der Waals surface area contributed by atoms with Crippen LogP contribution in [0.15, 0.2) is 18.3 Å². The fourth-order valence-corrected chi connectivity index (χ4v) is 5.24. The van der Waals surface area contributed by atoms with Gasteiger partial charge < -0.3 is 14.4 Å². The molecule has 0 bridgehead atoms. The summed E-state index contributed by atoms with van der Waals surface area (Å²) in [6.07, 6.45) is 1.29. The highest BCUT2D eigenvalue weighted by molar-refractivity contribution is 7.86. The van der Waals surface area contributed by atoms with Crippen LogP contribution in [0.2, 0.25) is 0 Å². The van der Waals surface area contributed by atoms with Gasteiger partial charge >= 0.3 is 0 Å². The molecule has 0 spiro atoms. The molecule has 9 nitrogen and oxygen atoms in total. The van der Waals surface area contributed by atoms with Crippen molar-refractivity contribution in [1.82, 2.24) is 18.5 Å². The molecule has 0 radical (unpaired) electrons. The SMILES string of the molecule is COc1ncccc1C(=O)N1CCN(S(=O)(=O)N2CC(C)OC(C)C2)CC1. The number of rotatable bonds is 4. The van der Waals surface area contributed by atoms with Gasteiger partial charge in [0.1, 0.15) is 5.56 Å². The minimum atomic E-state index is -3.57. The van der Waals surface area contributed by atoms with Gasteiger partial charge in [0.25, 0.3) is 16.1 Å². The van der Waals surface area contributed by atoms with Crippen molar-refractivity contribution in [3.8, 4) is 5.88 Å². The zero-order valence-corrected chi connectivity index (χ0v) is 16.7. The lowest BCUT2D eigenvalue weighted by atomic mass is 10.2. The molecule has 0 aromatic carbocycles. The van der Waals surface area contributed by atoms with Crippen LogP contribution in [0.1, 0.15) is 24.2 Å². The van der Waals surface area contributed by atoms with E-state index in [1.54, 1.807) is 23.2 Å². The number of methoxy groups -OCH3 is 1. The average Bonchev–Trinajstić information content (AvgIpc) is 2.66. The normalized spacial score (nSPS) is 25.4. The van der Waals surface area contributed by atoms with Crippen LogP contribution in [-0.2, 0) is 14.9 Å². The molecule has 10 heteroatoms. The lowest BCUT2D eigenvalue weighted by molar-refractivity contribution is -0.0457. The topological polar surface area (TPSA) is 92.3 Å². The molecule has 3 heterocycles. The Bertz CT molecular complexity index is 769. The van der Waals surface area contributed by atoms with Crippen LogP contribution in [0.3, 0.4) is 0 Å². The van der Waals surface area contributed by atoms with Gasteiger partial charge in [-0.25, -0.2) is 4.98 Å². The second-order valence-corrected chi connectivity index (χ2v) is 8.76. The molecule has 0 saturated carbocycles. The molecule has 2 aliphatic rings. The van der Waals surface area contributed by atoms with Crippen LogP contribution in [0.4, 0.5) is 0 Å². The minimum absolute atomic E-state index is 0.135. The third-order valence-electron chi connectivity index (χ3n) is 4.76. The summed E-state index contributed by atoms with van der Waals surface area (Å²) in [7, 11) is -2.10. The summed E-state index contributed by atoms with van der Waals surface area (Å²) in [6, 6.07) is 3.34. The van der Waals surface area contributed by atoms with Gasteiger partial charge in [-0.05, 0) is 26.0 Å². The fourth-order valence-electron chi connectivity index (χ4n) is 3.49. The summed E-state index contributed by atoms with van der Waals surface area (Å²) in [5, 5.41) is 0. The number of aromatic nitrogens is 1. The van der Waals surface area contributed by atoms with Crippen molar-refractivity contribution in [1.29, 1.82) is 0 Å². The Morgan fingerprint density at radius 2 is 1.78 bits per heavy atom. The number of carbonyl (C=O) groups is 1. The number of hydrogen-bond donors (Lipinski definition) is 0.